The molecule has 18 heavy (non-hydrogen) atoms. The molecule has 2 aromatic rings. The summed E-state index contributed by atoms with van der Waals surface area (Å²) in [7, 11) is 0. The quantitative estimate of drug-likeness (QED) is 0.842. The van der Waals surface area contributed by atoms with Gasteiger partial charge < -0.3 is 10.5 Å². The molecule has 0 bridgehead atoms. The van der Waals surface area contributed by atoms with E-state index in [4.69, 9.17) is 10.5 Å². The fourth-order valence-electron chi connectivity index (χ4n) is 1.78. The maximum Gasteiger partial charge on any atom is 0.123 e. The Morgan fingerprint density at radius 1 is 1.28 bits per heavy atom. The number of nitrogen functional groups attached to an aromatic ring is 1. The van der Waals surface area contributed by atoms with E-state index >= 15 is 0 Å². The van der Waals surface area contributed by atoms with Gasteiger partial charge in [0, 0.05) is 24.0 Å². The molecule has 0 amide bonds. The summed E-state index contributed by atoms with van der Waals surface area (Å²) in [5.74, 6) is 0.881. The summed E-state index contributed by atoms with van der Waals surface area (Å²) >= 11 is 0. The van der Waals surface area contributed by atoms with Crippen molar-refractivity contribution in [2.75, 3.05) is 5.73 Å². The van der Waals surface area contributed by atoms with Crippen LogP contribution in [-0.2, 0) is 13.2 Å². The zero-order valence-electron chi connectivity index (χ0n) is 11.1. The first kappa shape index (κ1) is 12.5. The Balaban J connectivity index is 2.08. The van der Waals surface area contributed by atoms with Crippen LogP contribution in [0, 0.1) is 13.8 Å². The van der Waals surface area contributed by atoms with Crippen molar-refractivity contribution in [1.29, 1.82) is 0 Å². The maximum atomic E-state index is 5.85. The molecule has 1 aromatic carbocycles. The van der Waals surface area contributed by atoms with Gasteiger partial charge in [-0.2, -0.15) is 5.10 Å². The molecule has 0 aliphatic rings. The summed E-state index contributed by atoms with van der Waals surface area (Å²) in [6.07, 6.45) is 3.84. The van der Waals surface area contributed by atoms with Crippen molar-refractivity contribution in [2.24, 2.45) is 0 Å². The van der Waals surface area contributed by atoms with Gasteiger partial charge in [-0.3, -0.25) is 4.68 Å². The number of benzene rings is 1. The fraction of sp³-hybridized carbons (Fsp3) is 0.357. The largest absolute Gasteiger partial charge is 0.489 e. The molecule has 0 fully saturated rings. The Hall–Kier alpha value is -1.97. The highest BCUT2D eigenvalue weighted by atomic mass is 16.5. The molecule has 4 nitrogen and oxygen atoms in total. The lowest BCUT2D eigenvalue weighted by Gasteiger charge is -2.10. The predicted octanol–water partition coefficient (Wildman–Crippen LogP) is 2.68. The number of ether oxygens (including phenoxy) is 1. The number of aromatic nitrogens is 2. The molecule has 2 N–H and O–H groups in total. The van der Waals surface area contributed by atoms with E-state index in [2.05, 4.69) is 12.0 Å². The number of nitrogens with two attached hydrogens (primary N) is 1. The lowest BCUT2D eigenvalue weighted by Crippen LogP contribution is -1.99. The van der Waals surface area contributed by atoms with Gasteiger partial charge >= 0.3 is 0 Å². The molecule has 1 heterocycles. The summed E-state index contributed by atoms with van der Waals surface area (Å²) in [4.78, 5) is 0. The predicted molar refractivity (Wildman–Crippen MR) is 72.6 cm³/mol. The molecule has 0 saturated carbocycles. The van der Waals surface area contributed by atoms with Crippen molar-refractivity contribution < 1.29 is 4.74 Å². The van der Waals surface area contributed by atoms with Gasteiger partial charge in [0.1, 0.15) is 12.4 Å². The molecule has 0 saturated heterocycles. The Bertz CT molecular complexity index is 546. The summed E-state index contributed by atoms with van der Waals surface area (Å²) in [5, 5.41) is 4.22. The Kier molecular flexibility index (Phi) is 3.55. The van der Waals surface area contributed by atoms with E-state index in [0.29, 0.717) is 6.61 Å². The highest BCUT2D eigenvalue weighted by Crippen LogP contribution is 2.24. The summed E-state index contributed by atoms with van der Waals surface area (Å²) < 4.78 is 7.70. The van der Waals surface area contributed by atoms with Gasteiger partial charge in [0.05, 0.1) is 6.20 Å². The van der Waals surface area contributed by atoms with E-state index in [-0.39, 0.29) is 0 Å². The first-order chi connectivity index (χ1) is 8.60. The molecule has 0 aliphatic heterocycles. The van der Waals surface area contributed by atoms with Gasteiger partial charge in [-0.1, -0.05) is 0 Å². The number of aryl methyl sites for hydroxylation is 3. The first-order valence-electron chi connectivity index (χ1n) is 6.11. The zero-order chi connectivity index (χ0) is 13.1. The van der Waals surface area contributed by atoms with Gasteiger partial charge in [0.15, 0.2) is 0 Å². The number of anilines is 1. The smallest absolute Gasteiger partial charge is 0.123 e. The number of nitrogens with zero attached hydrogens (tertiary/aromatic N) is 2. The molecule has 96 valence electrons. The van der Waals surface area contributed by atoms with Crippen LogP contribution >= 0.6 is 0 Å². The van der Waals surface area contributed by atoms with Crippen LogP contribution in [-0.4, -0.2) is 9.78 Å². The van der Waals surface area contributed by atoms with E-state index in [1.54, 1.807) is 0 Å². The average molecular weight is 245 g/mol. The van der Waals surface area contributed by atoms with E-state index in [0.717, 1.165) is 34.7 Å². The molecule has 0 aliphatic carbocycles. The first-order valence-corrected chi connectivity index (χ1v) is 6.11. The molecule has 4 heteroatoms. The van der Waals surface area contributed by atoms with Crippen molar-refractivity contribution in [3.05, 3.63) is 41.2 Å². The van der Waals surface area contributed by atoms with E-state index in [1.807, 2.05) is 43.1 Å². The Morgan fingerprint density at radius 3 is 2.72 bits per heavy atom. The average Bonchev–Trinajstić information content (AvgIpc) is 2.80. The van der Waals surface area contributed by atoms with Crippen LogP contribution < -0.4 is 10.5 Å². The summed E-state index contributed by atoms with van der Waals surface area (Å²) in [6.45, 7) is 7.45. The number of rotatable bonds is 4. The maximum absolute atomic E-state index is 5.85. The van der Waals surface area contributed by atoms with Gasteiger partial charge in [-0.25, -0.2) is 0 Å². The zero-order valence-corrected chi connectivity index (χ0v) is 11.1. The number of hydrogen-bond donors (Lipinski definition) is 1. The second kappa shape index (κ2) is 5.12. The van der Waals surface area contributed by atoms with Crippen molar-refractivity contribution >= 4 is 5.69 Å². The van der Waals surface area contributed by atoms with Gasteiger partial charge in [0.25, 0.3) is 0 Å². The van der Waals surface area contributed by atoms with Crippen LogP contribution in [0.3, 0.4) is 0 Å². The molecule has 2 rings (SSSR count). The Morgan fingerprint density at radius 2 is 2.06 bits per heavy atom. The second-order valence-corrected chi connectivity index (χ2v) is 4.47. The molecular formula is C14H19N3O. The third-order valence-electron chi connectivity index (χ3n) is 2.97. The standard InChI is InChI=1S/C14H19N3O/c1-4-17-8-12(7-16-17)9-18-14-6-10(2)13(15)5-11(14)3/h5-8H,4,9,15H2,1-3H3. The summed E-state index contributed by atoms with van der Waals surface area (Å²) in [6, 6.07) is 3.93. The minimum absolute atomic E-state index is 0.532. The minimum Gasteiger partial charge on any atom is -0.489 e. The van der Waals surface area contributed by atoms with Crippen LogP contribution in [0.15, 0.2) is 24.5 Å². The van der Waals surface area contributed by atoms with Crippen molar-refractivity contribution in [3.63, 3.8) is 0 Å². The van der Waals surface area contributed by atoms with E-state index in [1.165, 1.54) is 0 Å². The van der Waals surface area contributed by atoms with E-state index in [9.17, 15) is 0 Å². The molecule has 0 spiro atoms. The van der Waals surface area contributed by atoms with Crippen LogP contribution in [0.25, 0.3) is 0 Å². The summed E-state index contributed by atoms with van der Waals surface area (Å²) in [5.41, 5.74) is 9.83. The molecular weight excluding hydrogens is 226 g/mol. The molecule has 0 radical (unpaired) electrons. The van der Waals surface area contributed by atoms with E-state index < -0.39 is 0 Å². The lowest BCUT2D eigenvalue weighted by molar-refractivity contribution is 0.304. The normalized spacial score (nSPS) is 10.6. The van der Waals surface area contributed by atoms with Crippen LogP contribution in [0.5, 0.6) is 5.75 Å². The van der Waals surface area contributed by atoms with Gasteiger partial charge in [-0.05, 0) is 44.0 Å². The minimum atomic E-state index is 0.532. The lowest BCUT2D eigenvalue weighted by atomic mass is 10.1. The molecule has 1 aromatic heterocycles. The van der Waals surface area contributed by atoms with Crippen molar-refractivity contribution in [2.45, 2.75) is 33.9 Å². The van der Waals surface area contributed by atoms with Gasteiger partial charge in [0.2, 0.25) is 0 Å². The highest BCUT2D eigenvalue weighted by Gasteiger charge is 2.05. The van der Waals surface area contributed by atoms with Crippen LogP contribution in [0.1, 0.15) is 23.6 Å². The SMILES string of the molecule is CCn1cc(COc2cc(C)c(N)cc2C)cn1. The topological polar surface area (TPSA) is 53.1 Å². The van der Waals surface area contributed by atoms with Crippen molar-refractivity contribution in [3.8, 4) is 5.75 Å². The Labute approximate surface area is 107 Å². The number of hydrogen-bond acceptors (Lipinski definition) is 3. The molecule has 0 unspecified atom stereocenters. The molecule has 0 atom stereocenters. The monoisotopic (exact) mass is 245 g/mol. The van der Waals surface area contributed by atoms with Crippen LogP contribution in [0.2, 0.25) is 0 Å². The second-order valence-electron chi connectivity index (χ2n) is 4.47. The van der Waals surface area contributed by atoms with Gasteiger partial charge in [-0.15, -0.1) is 0 Å². The third kappa shape index (κ3) is 2.64. The van der Waals surface area contributed by atoms with Crippen LogP contribution in [0.4, 0.5) is 5.69 Å². The third-order valence-corrected chi connectivity index (χ3v) is 2.97. The highest BCUT2D eigenvalue weighted by molar-refractivity contribution is 5.53. The van der Waals surface area contributed by atoms with Crippen molar-refractivity contribution in [1.82, 2.24) is 9.78 Å². The fourth-order valence-corrected chi connectivity index (χ4v) is 1.78.